The van der Waals surface area contributed by atoms with E-state index in [2.05, 4.69) is 20.7 Å². The van der Waals surface area contributed by atoms with Gasteiger partial charge in [-0.25, -0.2) is 13.1 Å². The van der Waals surface area contributed by atoms with Crippen molar-refractivity contribution in [2.75, 3.05) is 7.11 Å². The van der Waals surface area contributed by atoms with Gasteiger partial charge in [-0.15, -0.1) is 0 Å². The average Bonchev–Trinajstić information content (AvgIpc) is 2.47. The quantitative estimate of drug-likeness (QED) is 0.853. The molecule has 0 spiro atoms. The van der Waals surface area contributed by atoms with Gasteiger partial charge >= 0.3 is 0 Å². The number of sulfonamides is 1. The lowest BCUT2D eigenvalue weighted by atomic mass is 10.1. The highest BCUT2D eigenvalue weighted by molar-refractivity contribution is 9.10. The van der Waals surface area contributed by atoms with E-state index >= 15 is 0 Å². The Morgan fingerprint density at radius 3 is 2.45 bits per heavy atom. The van der Waals surface area contributed by atoms with Crippen molar-refractivity contribution in [3.63, 3.8) is 0 Å². The zero-order chi connectivity index (χ0) is 16.3. The van der Waals surface area contributed by atoms with Gasteiger partial charge in [-0.2, -0.15) is 0 Å². The van der Waals surface area contributed by atoms with E-state index in [4.69, 9.17) is 4.74 Å². The third-order valence-corrected chi connectivity index (χ3v) is 5.64. The maximum atomic E-state index is 12.5. The molecule has 0 saturated carbocycles. The summed E-state index contributed by atoms with van der Waals surface area (Å²) in [6, 6.07) is 12.0. The van der Waals surface area contributed by atoms with Crippen LogP contribution in [0.2, 0.25) is 0 Å². The molecule has 1 unspecified atom stereocenters. The number of halogens is 1. The van der Waals surface area contributed by atoms with Crippen LogP contribution in [0.3, 0.4) is 0 Å². The largest absolute Gasteiger partial charge is 0.496 e. The minimum absolute atomic E-state index is 0.227. The first-order chi connectivity index (χ1) is 10.3. The molecule has 6 heteroatoms. The molecule has 4 nitrogen and oxygen atoms in total. The maximum absolute atomic E-state index is 12.5. The highest BCUT2D eigenvalue weighted by atomic mass is 79.9. The normalized spacial score (nSPS) is 12.9. The van der Waals surface area contributed by atoms with Crippen LogP contribution in [0.15, 0.2) is 51.8 Å². The first-order valence-corrected chi connectivity index (χ1v) is 9.04. The lowest BCUT2D eigenvalue weighted by molar-refractivity contribution is 0.411. The van der Waals surface area contributed by atoms with Gasteiger partial charge in [-0.05, 0) is 49.2 Å². The summed E-state index contributed by atoms with van der Waals surface area (Å²) in [5.74, 6) is 0.665. The number of hydrogen-bond donors (Lipinski definition) is 1. The molecule has 1 atom stereocenters. The summed E-state index contributed by atoms with van der Waals surface area (Å²) < 4.78 is 33.7. The fourth-order valence-electron chi connectivity index (χ4n) is 2.21. The Morgan fingerprint density at radius 2 is 1.86 bits per heavy atom. The van der Waals surface area contributed by atoms with Crippen LogP contribution in [0.4, 0.5) is 0 Å². The molecule has 22 heavy (non-hydrogen) atoms. The standard InChI is InChI=1S/C16H18BrNO3S/c1-11-10-13(8-9-16(11)21-3)22(19,20)18-12(2)14-6-4-5-7-15(14)17/h4-10,12,18H,1-3H3. The Labute approximate surface area is 139 Å². The van der Waals surface area contributed by atoms with E-state index in [1.807, 2.05) is 38.1 Å². The van der Waals surface area contributed by atoms with E-state index in [1.165, 1.54) is 0 Å². The van der Waals surface area contributed by atoms with Gasteiger partial charge in [0.2, 0.25) is 10.0 Å². The van der Waals surface area contributed by atoms with Gasteiger partial charge in [0.15, 0.2) is 0 Å². The number of benzene rings is 2. The number of rotatable bonds is 5. The smallest absolute Gasteiger partial charge is 0.241 e. The summed E-state index contributed by atoms with van der Waals surface area (Å²) in [6.07, 6.45) is 0. The van der Waals surface area contributed by atoms with Crippen LogP contribution in [0.25, 0.3) is 0 Å². The van der Waals surface area contributed by atoms with Crippen LogP contribution in [0.5, 0.6) is 5.75 Å². The Hall–Kier alpha value is -1.37. The van der Waals surface area contributed by atoms with Crippen molar-refractivity contribution in [3.05, 3.63) is 58.1 Å². The van der Waals surface area contributed by atoms with E-state index in [0.717, 1.165) is 15.6 Å². The topological polar surface area (TPSA) is 55.4 Å². The third-order valence-electron chi connectivity index (χ3n) is 3.38. The SMILES string of the molecule is COc1ccc(S(=O)(=O)NC(C)c2ccccc2Br)cc1C. The molecule has 0 heterocycles. The molecule has 0 aliphatic heterocycles. The average molecular weight is 384 g/mol. The van der Waals surface area contributed by atoms with Crippen molar-refractivity contribution in [1.82, 2.24) is 4.72 Å². The second-order valence-corrected chi connectivity index (χ2v) is 7.56. The second-order valence-electron chi connectivity index (χ2n) is 5.00. The van der Waals surface area contributed by atoms with Crippen molar-refractivity contribution in [2.45, 2.75) is 24.8 Å². The number of ether oxygens (including phenoxy) is 1. The number of methoxy groups -OCH3 is 1. The molecule has 118 valence electrons. The van der Waals surface area contributed by atoms with Crippen molar-refractivity contribution in [3.8, 4) is 5.75 Å². The molecule has 0 aliphatic rings. The van der Waals surface area contributed by atoms with E-state index in [-0.39, 0.29) is 10.9 Å². The number of nitrogens with one attached hydrogen (secondary N) is 1. The van der Waals surface area contributed by atoms with Crippen molar-refractivity contribution in [2.24, 2.45) is 0 Å². The highest BCUT2D eigenvalue weighted by Gasteiger charge is 2.20. The number of aryl methyl sites for hydroxylation is 1. The first kappa shape index (κ1) is 17.0. The fraction of sp³-hybridized carbons (Fsp3) is 0.250. The molecular weight excluding hydrogens is 366 g/mol. The van der Waals surface area contributed by atoms with Crippen LogP contribution in [-0.4, -0.2) is 15.5 Å². The highest BCUT2D eigenvalue weighted by Crippen LogP contribution is 2.26. The Kier molecular flexibility index (Phi) is 5.26. The molecule has 0 bridgehead atoms. The Bertz CT molecular complexity index is 775. The predicted molar refractivity (Wildman–Crippen MR) is 90.6 cm³/mol. The summed E-state index contributed by atoms with van der Waals surface area (Å²) in [4.78, 5) is 0.227. The van der Waals surface area contributed by atoms with Gasteiger partial charge in [-0.3, -0.25) is 0 Å². The van der Waals surface area contributed by atoms with Gasteiger partial charge in [-0.1, -0.05) is 34.1 Å². The molecular formula is C16H18BrNO3S. The Morgan fingerprint density at radius 1 is 1.18 bits per heavy atom. The predicted octanol–water partition coefficient (Wildman–Crippen LogP) is 3.81. The molecule has 1 N–H and O–H groups in total. The summed E-state index contributed by atoms with van der Waals surface area (Å²) in [5, 5.41) is 0. The molecule has 2 aromatic rings. The summed E-state index contributed by atoms with van der Waals surface area (Å²) in [6.45, 7) is 3.63. The number of hydrogen-bond acceptors (Lipinski definition) is 3. The van der Waals surface area contributed by atoms with Crippen LogP contribution in [-0.2, 0) is 10.0 Å². The Balaban J connectivity index is 2.28. The monoisotopic (exact) mass is 383 g/mol. The van der Waals surface area contributed by atoms with Crippen LogP contribution in [0, 0.1) is 6.92 Å². The van der Waals surface area contributed by atoms with Gasteiger partial charge in [0.05, 0.1) is 12.0 Å². The lowest BCUT2D eigenvalue weighted by Crippen LogP contribution is -2.27. The molecule has 0 saturated heterocycles. The summed E-state index contributed by atoms with van der Waals surface area (Å²) >= 11 is 3.44. The second kappa shape index (κ2) is 6.81. The van der Waals surface area contributed by atoms with E-state index < -0.39 is 10.0 Å². The van der Waals surface area contributed by atoms with Gasteiger partial charge in [0.25, 0.3) is 0 Å². The first-order valence-electron chi connectivity index (χ1n) is 6.76. The van der Waals surface area contributed by atoms with Crippen LogP contribution in [0.1, 0.15) is 24.1 Å². The van der Waals surface area contributed by atoms with Gasteiger partial charge in [0.1, 0.15) is 5.75 Å². The maximum Gasteiger partial charge on any atom is 0.241 e. The molecule has 0 radical (unpaired) electrons. The van der Waals surface area contributed by atoms with Crippen molar-refractivity contribution < 1.29 is 13.2 Å². The van der Waals surface area contributed by atoms with Gasteiger partial charge < -0.3 is 4.74 Å². The zero-order valence-corrected chi connectivity index (χ0v) is 15.0. The summed E-state index contributed by atoms with van der Waals surface area (Å²) in [5.41, 5.74) is 1.66. The van der Waals surface area contributed by atoms with E-state index in [1.54, 1.807) is 25.3 Å². The molecule has 2 rings (SSSR count). The summed E-state index contributed by atoms with van der Waals surface area (Å²) in [7, 11) is -2.04. The van der Waals surface area contributed by atoms with Crippen LogP contribution >= 0.6 is 15.9 Å². The molecule has 0 aromatic heterocycles. The van der Waals surface area contributed by atoms with E-state index in [0.29, 0.717) is 5.75 Å². The molecule has 0 amide bonds. The lowest BCUT2D eigenvalue weighted by Gasteiger charge is -2.16. The van der Waals surface area contributed by atoms with E-state index in [9.17, 15) is 8.42 Å². The minimum Gasteiger partial charge on any atom is -0.496 e. The van der Waals surface area contributed by atoms with Gasteiger partial charge in [0, 0.05) is 10.5 Å². The molecule has 0 fully saturated rings. The zero-order valence-electron chi connectivity index (χ0n) is 12.6. The van der Waals surface area contributed by atoms with Crippen LogP contribution < -0.4 is 9.46 Å². The molecule has 2 aromatic carbocycles. The van der Waals surface area contributed by atoms with Crippen molar-refractivity contribution in [1.29, 1.82) is 0 Å². The minimum atomic E-state index is -3.60. The fourth-order valence-corrected chi connectivity index (χ4v) is 4.14. The van der Waals surface area contributed by atoms with Crippen molar-refractivity contribution >= 4 is 26.0 Å². The molecule has 0 aliphatic carbocycles. The third kappa shape index (κ3) is 3.69.